The molecule has 0 heterocycles. The van der Waals surface area contributed by atoms with Crippen LogP contribution in [0.15, 0.2) is 30.3 Å². The molecule has 0 amide bonds. The molecule has 0 aliphatic heterocycles. The Morgan fingerprint density at radius 2 is 0.696 bits per heavy atom. The molecule has 0 unspecified atom stereocenters. The van der Waals surface area contributed by atoms with Gasteiger partial charge in [0.2, 0.25) is 0 Å². The zero-order valence-corrected chi connectivity index (χ0v) is 26.6. The summed E-state index contributed by atoms with van der Waals surface area (Å²) in [6.45, 7) is 8.14. The van der Waals surface area contributed by atoms with Gasteiger partial charge in [-0.3, -0.25) is 9.59 Å². The van der Waals surface area contributed by atoms with Gasteiger partial charge >= 0.3 is 11.9 Å². The Hall–Kier alpha value is -2.57. The van der Waals surface area contributed by atoms with E-state index in [-0.39, 0.29) is 26.2 Å². The first-order valence-corrected chi connectivity index (χ1v) is 15.4. The maximum absolute atomic E-state index is 11.9. The second-order valence-corrected chi connectivity index (χ2v) is 9.10. The van der Waals surface area contributed by atoms with E-state index in [2.05, 4.69) is 0 Å². The molecule has 264 valence electrons. The van der Waals surface area contributed by atoms with Gasteiger partial charge in [0, 0.05) is 5.56 Å². The molecule has 0 aliphatic carbocycles. The van der Waals surface area contributed by atoms with Crippen molar-refractivity contribution in [2.24, 2.45) is 0 Å². The lowest BCUT2D eigenvalue weighted by Crippen LogP contribution is -2.20. The van der Waals surface area contributed by atoms with Crippen molar-refractivity contribution < 1.29 is 71.6 Å². The SMILES string of the molecule is O=C(O)CCOCCOCCOCCOCCOCCOCCOCCOCCOCCOCCOC(=O)C(=O)c1ccccc1. The maximum atomic E-state index is 11.9. The third-order valence-corrected chi connectivity index (χ3v) is 5.49. The minimum atomic E-state index is -0.903. The second-order valence-electron chi connectivity index (χ2n) is 9.10. The standard InChI is InChI=1S/C31H50O15/c32-29(33)6-7-36-8-9-37-10-11-38-12-13-39-14-15-40-16-17-41-18-19-42-20-21-43-22-23-44-24-25-45-26-27-46-31(35)30(34)28-4-2-1-3-5-28/h1-5H,6-27H2,(H,32,33). The number of aliphatic carboxylic acids is 1. The van der Waals surface area contributed by atoms with Gasteiger partial charge in [-0.2, -0.15) is 0 Å². The lowest BCUT2D eigenvalue weighted by Gasteiger charge is -2.09. The van der Waals surface area contributed by atoms with Gasteiger partial charge in [0.1, 0.15) is 6.61 Å². The topological polar surface area (TPSA) is 173 Å². The summed E-state index contributed by atoms with van der Waals surface area (Å²) in [5.74, 6) is -2.46. The first-order valence-electron chi connectivity index (χ1n) is 15.4. The van der Waals surface area contributed by atoms with Crippen molar-refractivity contribution in [2.75, 3.05) is 139 Å². The molecule has 0 aliphatic rings. The van der Waals surface area contributed by atoms with Gasteiger partial charge in [0.15, 0.2) is 0 Å². The summed E-state index contributed by atoms with van der Waals surface area (Å²) in [6.07, 6.45) is -0.00990. The van der Waals surface area contributed by atoms with Gasteiger partial charge in [-0.15, -0.1) is 0 Å². The van der Waals surface area contributed by atoms with E-state index >= 15 is 0 Å². The van der Waals surface area contributed by atoms with Gasteiger partial charge in [0.25, 0.3) is 5.78 Å². The van der Waals surface area contributed by atoms with Gasteiger partial charge < -0.3 is 57.2 Å². The quantitative estimate of drug-likeness (QED) is 0.0473. The first-order chi connectivity index (χ1) is 22.6. The van der Waals surface area contributed by atoms with E-state index in [9.17, 15) is 14.4 Å². The van der Waals surface area contributed by atoms with E-state index in [1.54, 1.807) is 30.3 Å². The number of carbonyl (C=O) groups excluding carboxylic acids is 2. The van der Waals surface area contributed by atoms with Gasteiger partial charge in [-0.25, -0.2) is 4.79 Å². The normalized spacial score (nSPS) is 11.1. The van der Waals surface area contributed by atoms with Crippen LogP contribution >= 0.6 is 0 Å². The van der Waals surface area contributed by atoms with Crippen LogP contribution in [-0.4, -0.2) is 162 Å². The number of carboxylic acid groups (broad SMARTS) is 1. The summed E-state index contributed by atoms with van der Waals surface area (Å²) in [5, 5.41) is 8.48. The fourth-order valence-electron chi connectivity index (χ4n) is 3.21. The number of carboxylic acids is 1. The van der Waals surface area contributed by atoms with Gasteiger partial charge in [-0.1, -0.05) is 30.3 Å². The van der Waals surface area contributed by atoms with Crippen molar-refractivity contribution >= 4 is 17.7 Å². The van der Waals surface area contributed by atoms with E-state index in [1.165, 1.54) is 0 Å². The molecule has 1 aromatic carbocycles. The minimum absolute atomic E-state index is 0.00855. The van der Waals surface area contributed by atoms with Crippen LogP contribution < -0.4 is 0 Å². The highest BCUT2D eigenvalue weighted by Gasteiger charge is 2.17. The Morgan fingerprint density at radius 3 is 1.00 bits per heavy atom. The lowest BCUT2D eigenvalue weighted by atomic mass is 10.1. The molecule has 1 rings (SSSR count). The molecule has 0 aromatic heterocycles. The fourth-order valence-corrected chi connectivity index (χ4v) is 3.21. The molecular weight excluding hydrogens is 612 g/mol. The van der Waals surface area contributed by atoms with Gasteiger partial charge in [0.05, 0.1) is 139 Å². The van der Waals surface area contributed by atoms with Gasteiger partial charge in [-0.05, 0) is 0 Å². The summed E-state index contributed by atoms with van der Waals surface area (Å²) < 4.78 is 58.6. The predicted octanol–water partition coefficient (Wildman–Crippen LogP) is 1.05. The predicted molar refractivity (Wildman–Crippen MR) is 162 cm³/mol. The smallest absolute Gasteiger partial charge is 0.379 e. The molecular formula is C31H50O15. The highest BCUT2D eigenvalue weighted by atomic mass is 16.6. The zero-order valence-electron chi connectivity index (χ0n) is 26.6. The molecule has 0 fully saturated rings. The molecule has 0 spiro atoms. The number of hydrogen-bond acceptors (Lipinski definition) is 14. The van der Waals surface area contributed by atoms with Crippen LogP contribution in [0.3, 0.4) is 0 Å². The largest absolute Gasteiger partial charge is 0.481 e. The van der Waals surface area contributed by atoms with Crippen LogP contribution in [0.4, 0.5) is 0 Å². The Kier molecular flexibility index (Phi) is 29.2. The Balaban J connectivity index is 1.67. The number of esters is 1. The number of hydrogen-bond donors (Lipinski definition) is 1. The summed E-state index contributed by atoms with van der Waals surface area (Å²) in [7, 11) is 0. The van der Waals surface area contributed by atoms with Crippen molar-refractivity contribution in [1.82, 2.24) is 0 Å². The number of benzene rings is 1. The van der Waals surface area contributed by atoms with E-state index < -0.39 is 17.7 Å². The van der Waals surface area contributed by atoms with Crippen molar-refractivity contribution in [3.63, 3.8) is 0 Å². The Labute approximate surface area is 270 Å². The van der Waals surface area contributed by atoms with Crippen LogP contribution in [0.2, 0.25) is 0 Å². The number of rotatable bonds is 35. The second kappa shape index (κ2) is 32.4. The van der Waals surface area contributed by atoms with Crippen molar-refractivity contribution in [1.29, 1.82) is 0 Å². The van der Waals surface area contributed by atoms with E-state index in [1.807, 2.05) is 0 Å². The number of ketones is 1. The van der Waals surface area contributed by atoms with E-state index in [0.717, 1.165) is 0 Å². The molecule has 15 heteroatoms. The number of carbonyl (C=O) groups is 3. The summed E-state index contributed by atoms with van der Waals surface area (Å²) >= 11 is 0. The van der Waals surface area contributed by atoms with Crippen molar-refractivity contribution in [2.45, 2.75) is 6.42 Å². The van der Waals surface area contributed by atoms with Crippen molar-refractivity contribution in [3.8, 4) is 0 Å². The average molecular weight is 663 g/mol. The molecule has 0 bridgehead atoms. The molecule has 0 radical (unpaired) electrons. The summed E-state index contributed by atoms with van der Waals surface area (Å²) in [6, 6.07) is 8.23. The number of ether oxygens (including phenoxy) is 11. The molecule has 46 heavy (non-hydrogen) atoms. The van der Waals surface area contributed by atoms with Crippen LogP contribution in [0, 0.1) is 0 Å². The number of Topliss-reactive ketones (excluding diaryl/α,β-unsaturated/α-hetero) is 1. The van der Waals surface area contributed by atoms with Crippen LogP contribution in [0.25, 0.3) is 0 Å². The third kappa shape index (κ3) is 27.7. The molecule has 15 nitrogen and oxygen atoms in total. The highest BCUT2D eigenvalue weighted by Crippen LogP contribution is 2.01. The molecule has 0 saturated carbocycles. The zero-order chi connectivity index (χ0) is 33.2. The summed E-state index contributed by atoms with van der Waals surface area (Å²) in [4.78, 5) is 33.9. The monoisotopic (exact) mass is 662 g/mol. The first kappa shape index (κ1) is 41.5. The lowest BCUT2D eigenvalue weighted by molar-refractivity contribution is -0.140. The van der Waals surface area contributed by atoms with Crippen LogP contribution in [0.5, 0.6) is 0 Å². The fraction of sp³-hybridized carbons (Fsp3) is 0.710. The Morgan fingerprint density at radius 1 is 0.413 bits per heavy atom. The van der Waals surface area contributed by atoms with Crippen LogP contribution in [0.1, 0.15) is 16.8 Å². The maximum Gasteiger partial charge on any atom is 0.379 e. The molecule has 0 saturated heterocycles. The average Bonchev–Trinajstić information content (AvgIpc) is 3.06. The summed E-state index contributed by atoms with van der Waals surface area (Å²) in [5.41, 5.74) is 0.291. The molecule has 1 aromatic rings. The minimum Gasteiger partial charge on any atom is -0.481 e. The van der Waals surface area contributed by atoms with E-state index in [4.69, 9.17) is 57.2 Å². The highest BCUT2D eigenvalue weighted by molar-refractivity contribution is 6.40. The third-order valence-electron chi connectivity index (χ3n) is 5.49. The van der Waals surface area contributed by atoms with Crippen molar-refractivity contribution in [3.05, 3.63) is 35.9 Å². The Bertz CT molecular complexity index is 856. The molecule has 0 atom stereocenters. The van der Waals surface area contributed by atoms with E-state index in [0.29, 0.717) is 124 Å². The molecule has 1 N–H and O–H groups in total. The van der Waals surface area contributed by atoms with Crippen LogP contribution in [-0.2, 0) is 61.7 Å².